The maximum Gasteiger partial charge on any atom is 0.306 e. The first-order valence-corrected chi connectivity index (χ1v) is 11.0. The molecule has 1 unspecified atom stereocenters. The fourth-order valence-electron chi connectivity index (χ4n) is 3.30. The van der Waals surface area contributed by atoms with E-state index < -0.39 is 10.0 Å². The van der Waals surface area contributed by atoms with Crippen LogP contribution in [0.3, 0.4) is 0 Å². The molecular formula is C22H24N3O3S+. The molecule has 0 aromatic heterocycles. The van der Waals surface area contributed by atoms with E-state index in [1.165, 1.54) is 0 Å². The molecule has 6 nitrogen and oxygen atoms in total. The van der Waals surface area contributed by atoms with Crippen LogP contribution in [0.25, 0.3) is 0 Å². The van der Waals surface area contributed by atoms with Crippen LogP contribution >= 0.6 is 0 Å². The minimum Gasteiger partial charge on any atom is -0.457 e. The van der Waals surface area contributed by atoms with Crippen LogP contribution in [0.1, 0.15) is 18.9 Å². The van der Waals surface area contributed by atoms with Crippen molar-refractivity contribution in [3.05, 3.63) is 78.0 Å². The third-order valence-electron chi connectivity index (χ3n) is 4.77. The Balaban J connectivity index is 1.94. The molecule has 2 aromatic carbocycles. The third-order valence-corrected chi connectivity index (χ3v) is 7.15. The number of ether oxygens (including phenoxy) is 1. The molecule has 1 aliphatic rings. The van der Waals surface area contributed by atoms with E-state index in [4.69, 9.17) is 15.7 Å². The predicted octanol–water partition coefficient (Wildman–Crippen LogP) is 3.81. The highest BCUT2D eigenvalue weighted by Gasteiger charge is 2.42. The van der Waals surface area contributed by atoms with Crippen LogP contribution in [-0.2, 0) is 10.0 Å². The molecule has 0 saturated heterocycles. The van der Waals surface area contributed by atoms with Crippen molar-refractivity contribution in [3.8, 4) is 17.6 Å². The second-order valence-electron chi connectivity index (χ2n) is 6.81. The second kappa shape index (κ2) is 8.62. The average Bonchev–Trinajstić information content (AvgIpc) is 2.74. The van der Waals surface area contributed by atoms with Crippen molar-refractivity contribution in [2.45, 2.75) is 13.3 Å². The Morgan fingerprint density at radius 1 is 1.10 bits per heavy atom. The molecule has 2 N–H and O–H groups in total. The molecule has 1 heterocycles. The number of rotatable bonds is 7. The van der Waals surface area contributed by atoms with E-state index in [9.17, 15) is 8.42 Å². The van der Waals surface area contributed by atoms with Gasteiger partial charge in [0, 0.05) is 24.3 Å². The summed E-state index contributed by atoms with van der Waals surface area (Å²) in [6.45, 7) is 2.45. The zero-order valence-corrected chi connectivity index (χ0v) is 17.1. The Hall–Kier alpha value is -2.92. The standard InChI is InChI=1S/C22H24N3O3S/c1-2-14-29(26,27)25(13-3-4-19(16-24)17-25)20-7-11-22(12-8-20)28-21-9-5-18(15-23)6-10-21/h3-12,17H,2,13-14,16,24H2,1H3/q+1. The van der Waals surface area contributed by atoms with Crippen LogP contribution < -0.4 is 14.4 Å². The minimum absolute atomic E-state index is 0.0820. The van der Waals surface area contributed by atoms with Crippen molar-refractivity contribution in [2.75, 3.05) is 18.8 Å². The lowest BCUT2D eigenvalue weighted by molar-refractivity contribution is 0.480. The summed E-state index contributed by atoms with van der Waals surface area (Å²) in [7, 11) is -3.49. The Morgan fingerprint density at radius 2 is 1.72 bits per heavy atom. The summed E-state index contributed by atoms with van der Waals surface area (Å²) in [5.74, 6) is 1.27. The lowest BCUT2D eigenvalue weighted by Crippen LogP contribution is -2.52. The van der Waals surface area contributed by atoms with Crippen molar-refractivity contribution in [2.24, 2.45) is 5.73 Å². The Kier molecular flexibility index (Phi) is 6.18. The number of nitrogens with two attached hydrogens (primary N) is 1. The lowest BCUT2D eigenvalue weighted by Gasteiger charge is -2.34. The zero-order valence-electron chi connectivity index (χ0n) is 16.3. The first-order chi connectivity index (χ1) is 13.9. The quantitative estimate of drug-likeness (QED) is 0.701. The van der Waals surface area contributed by atoms with Gasteiger partial charge in [-0.15, -0.1) is 0 Å². The van der Waals surface area contributed by atoms with Gasteiger partial charge in [-0.25, -0.2) is 0 Å². The van der Waals surface area contributed by atoms with Gasteiger partial charge in [0.25, 0.3) is 0 Å². The van der Waals surface area contributed by atoms with Crippen LogP contribution in [-0.4, -0.2) is 27.3 Å². The highest BCUT2D eigenvalue weighted by atomic mass is 32.2. The van der Waals surface area contributed by atoms with E-state index in [-0.39, 0.29) is 16.2 Å². The number of quaternary nitrogens is 1. The van der Waals surface area contributed by atoms with Gasteiger partial charge in [-0.1, -0.05) is 13.0 Å². The van der Waals surface area contributed by atoms with Gasteiger partial charge in [0.1, 0.15) is 30.0 Å². The third kappa shape index (κ3) is 4.25. The summed E-state index contributed by atoms with van der Waals surface area (Å²) in [6.07, 6.45) is 6.01. The van der Waals surface area contributed by atoms with E-state index in [0.717, 1.165) is 5.57 Å². The van der Waals surface area contributed by atoms with E-state index in [1.807, 2.05) is 19.1 Å². The molecule has 29 heavy (non-hydrogen) atoms. The van der Waals surface area contributed by atoms with Crippen LogP contribution in [0, 0.1) is 11.3 Å². The maximum atomic E-state index is 13.2. The van der Waals surface area contributed by atoms with Gasteiger partial charge in [-0.2, -0.15) is 17.6 Å². The van der Waals surface area contributed by atoms with Crippen LogP contribution in [0.5, 0.6) is 11.5 Å². The van der Waals surface area contributed by atoms with Gasteiger partial charge >= 0.3 is 10.0 Å². The highest BCUT2D eigenvalue weighted by Crippen LogP contribution is 2.35. The zero-order chi connectivity index (χ0) is 20.9. The number of benzene rings is 2. The molecule has 1 aliphatic heterocycles. The summed E-state index contributed by atoms with van der Waals surface area (Å²) < 4.78 is 31.9. The van der Waals surface area contributed by atoms with Crippen molar-refractivity contribution in [1.29, 1.82) is 5.26 Å². The lowest BCUT2D eigenvalue weighted by atomic mass is 10.2. The molecule has 0 saturated carbocycles. The van der Waals surface area contributed by atoms with E-state index in [1.54, 1.807) is 54.7 Å². The fourth-order valence-corrected chi connectivity index (χ4v) is 5.19. The van der Waals surface area contributed by atoms with Crippen molar-refractivity contribution < 1.29 is 13.2 Å². The second-order valence-corrected chi connectivity index (χ2v) is 9.03. The molecule has 7 heteroatoms. The number of nitrogens with zero attached hydrogens (tertiary/aromatic N) is 2. The summed E-state index contributed by atoms with van der Waals surface area (Å²) >= 11 is 0. The molecule has 0 spiro atoms. The fraction of sp³-hybridized carbons (Fsp3) is 0.227. The summed E-state index contributed by atoms with van der Waals surface area (Å²) in [5.41, 5.74) is 7.77. The summed E-state index contributed by atoms with van der Waals surface area (Å²) in [6, 6.07) is 15.9. The first kappa shape index (κ1) is 20.8. The average molecular weight is 411 g/mol. The summed E-state index contributed by atoms with van der Waals surface area (Å²) in [5, 5.41) is 8.88. The van der Waals surface area contributed by atoms with Crippen molar-refractivity contribution in [3.63, 3.8) is 0 Å². The van der Waals surface area contributed by atoms with Gasteiger partial charge in [0.15, 0.2) is 5.69 Å². The molecule has 1 atom stereocenters. The molecule has 2 aromatic rings. The van der Waals surface area contributed by atoms with Gasteiger partial charge in [0.05, 0.1) is 11.6 Å². The number of hydrogen-bond donors (Lipinski definition) is 1. The number of sulfonamides is 1. The smallest absolute Gasteiger partial charge is 0.306 e. The monoisotopic (exact) mass is 410 g/mol. The molecule has 0 amide bonds. The van der Waals surface area contributed by atoms with Gasteiger partial charge < -0.3 is 10.5 Å². The molecule has 150 valence electrons. The SMILES string of the molecule is CCCS(=O)(=O)[N+]1(c2ccc(Oc3ccc(C#N)cc3)cc2)C=C(CN)C=CC1. The van der Waals surface area contributed by atoms with Gasteiger partial charge in [-0.05, 0) is 48.9 Å². The molecule has 0 radical (unpaired) electrons. The van der Waals surface area contributed by atoms with Gasteiger partial charge in [0.2, 0.25) is 0 Å². The van der Waals surface area contributed by atoms with Gasteiger partial charge in [-0.3, -0.25) is 0 Å². The van der Waals surface area contributed by atoms with Crippen LogP contribution in [0.15, 0.2) is 72.5 Å². The largest absolute Gasteiger partial charge is 0.457 e. The van der Waals surface area contributed by atoms with Crippen molar-refractivity contribution >= 4 is 15.7 Å². The molecular weight excluding hydrogens is 386 g/mol. The first-order valence-electron chi connectivity index (χ1n) is 9.42. The Labute approximate surface area is 171 Å². The van der Waals surface area contributed by atoms with E-state index in [2.05, 4.69) is 6.07 Å². The molecule has 3 rings (SSSR count). The topological polar surface area (TPSA) is 93.2 Å². The number of nitriles is 1. The molecule has 0 aliphatic carbocycles. The maximum absolute atomic E-state index is 13.2. The molecule has 0 fully saturated rings. The Morgan fingerprint density at radius 3 is 2.28 bits per heavy atom. The van der Waals surface area contributed by atoms with Crippen LogP contribution in [0.4, 0.5) is 5.69 Å². The molecule has 0 bridgehead atoms. The number of hydrogen-bond acceptors (Lipinski definition) is 5. The highest BCUT2D eigenvalue weighted by molar-refractivity contribution is 7.91. The van der Waals surface area contributed by atoms with Crippen LogP contribution in [0.2, 0.25) is 0 Å². The normalized spacial score (nSPS) is 18.7. The summed E-state index contributed by atoms with van der Waals surface area (Å²) in [4.78, 5) is 0. The predicted molar refractivity (Wildman–Crippen MR) is 115 cm³/mol. The van der Waals surface area contributed by atoms with Crippen molar-refractivity contribution in [1.82, 2.24) is 3.89 Å². The minimum atomic E-state index is -3.49. The van der Waals surface area contributed by atoms with E-state index in [0.29, 0.717) is 35.7 Å². The van der Waals surface area contributed by atoms with E-state index >= 15 is 0 Å². The Bertz CT molecular complexity index is 1070.